The molecule has 2 aliphatic rings. The van der Waals surface area contributed by atoms with Crippen molar-refractivity contribution < 1.29 is 0 Å². The van der Waals surface area contributed by atoms with Gasteiger partial charge in [-0.25, -0.2) is 4.52 Å². The van der Waals surface area contributed by atoms with E-state index < -0.39 is 0 Å². The highest BCUT2D eigenvalue weighted by molar-refractivity contribution is 5.45. The molecule has 5 nitrogen and oxygen atoms in total. The van der Waals surface area contributed by atoms with Crippen molar-refractivity contribution in [2.75, 3.05) is 18.4 Å². The summed E-state index contributed by atoms with van der Waals surface area (Å²) in [5.41, 5.74) is 2.14. The summed E-state index contributed by atoms with van der Waals surface area (Å²) >= 11 is 0. The molecule has 0 spiro atoms. The second-order valence-corrected chi connectivity index (χ2v) is 6.08. The predicted octanol–water partition coefficient (Wildman–Crippen LogP) is 2.08. The summed E-state index contributed by atoms with van der Waals surface area (Å²) in [5, 5.41) is 8.10. The molecule has 1 N–H and O–H groups in total. The van der Waals surface area contributed by atoms with Gasteiger partial charge in [0, 0.05) is 24.8 Å². The number of piperidine rings is 1. The van der Waals surface area contributed by atoms with Crippen LogP contribution < -0.4 is 5.32 Å². The molecule has 0 saturated carbocycles. The van der Waals surface area contributed by atoms with Crippen molar-refractivity contribution in [3.63, 3.8) is 0 Å². The van der Waals surface area contributed by atoms with E-state index in [1.807, 2.05) is 10.7 Å². The van der Waals surface area contributed by atoms with Gasteiger partial charge in [-0.2, -0.15) is 4.98 Å². The van der Waals surface area contributed by atoms with E-state index in [0.29, 0.717) is 12.1 Å². The van der Waals surface area contributed by atoms with Crippen LogP contribution in [0.4, 0.5) is 5.95 Å². The van der Waals surface area contributed by atoms with Crippen LogP contribution in [0.15, 0.2) is 18.3 Å². The Morgan fingerprint density at radius 2 is 2.20 bits per heavy atom. The van der Waals surface area contributed by atoms with Crippen molar-refractivity contribution in [2.45, 2.75) is 44.7 Å². The molecule has 2 atom stereocenters. The van der Waals surface area contributed by atoms with Gasteiger partial charge in [0.15, 0.2) is 5.65 Å². The van der Waals surface area contributed by atoms with Gasteiger partial charge in [0.05, 0.1) is 0 Å². The maximum absolute atomic E-state index is 4.60. The fourth-order valence-electron chi connectivity index (χ4n) is 3.63. The van der Waals surface area contributed by atoms with Gasteiger partial charge in [-0.3, -0.25) is 4.90 Å². The number of nitrogens with zero attached hydrogens (tertiary/aromatic N) is 4. The zero-order valence-electron chi connectivity index (χ0n) is 11.9. The number of nitrogens with one attached hydrogen (secondary N) is 1. The molecule has 0 aliphatic carbocycles. The molecule has 5 heteroatoms. The maximum Gasteiger partial charge on any atom is 0.243 e. The molecule has 0 aromatic carbocycles. The van der Waals surface area contributed by atoms with Crippen molar-refractivity contribution in [3.8, 4) is 0 Å². The lowest BCUT2D eigenvalue weighted by Gasteiger charge is -2.32. The van der Waals surface area contributed by atoms with Gasteiger partial charge in [-0.1, -0.05) is 6.42 Å². The molecule has 4 rings (SSSR count). The van der Waals surface area contributed by atoms with Gasteiger partial charge in [-0.15, -0.1) is 5.10 Å². The average Bonchev–Trinajstić information content (AvgIpc) is 3.03. The van der Waals surface area contributed by atoms with Gasteiger partial charge < -0.3 is 5.32 Å². The quantitative estimate of drug-likeness (QED) is 0.908. The third-order valence-corrected chi connectivity index (χ3v) is 4.66. The first kappa shape index (κ1) is 12.1. The minimum atomic E-state index is 0.508. The Bertz CT molecular complexity index is 620. The van der Waals surface area contributed by atoms with Crippen molar-refractivity contribution in [3.05, 3.63) is 23.9 Å². The minimum absolute atomic E-state index is 0.508. The summed E-state index contributed by atoms with van der Waals surface area (Å²) in [6, 6.07) is 5.31. The monoisotopic (exact) mass is 271 g/mol. The molecule has 0 radical (unpaired) electrons. The third kappa shape index (κ3) is 2.06. The smallest absolute Gasteiger partial charge is 0.243 e. The van der Waals surface area contributed by atoms with Crippen LogP contribution in [-0.4, -0.2) is 44.7 Å². The first-order chi connectivity index (χ1) is 9.79. The van der Waals surface area contributed by atoms with E-state index in [0.717, 1.165) is 11.6 Å². The molecule has 4 heterocycles. The molecule has 0 amide bonds. The highest BCUT2D eigenvalue weighted by atomic mass is 15.4. The van der Waals surface area contributed by atoms with Gasteiger partial charge in [0.1, 0.15) is 0 Å². The molecule has 2 aromatic heterocycles. The van der Waals surface area contributed by atoms with Crippen LogP contribution in [0.3, 0.4) is 0 Å². The minimum Gasteiger partial charge on any atom is -0.349 e. The van der Waals surface area contributed by atoms with Crippen LogP contribution >= 0.6 is 0 Å². The fraction of sp³-hybridized carbons (Fsp3) is 0.600. The van der Waals surface area contributed by atoms with E-state index in [9.17, 15) is 0 Å². The van der Waals surface area contributed by atoms with E-state index in [1.54, 1.807) is 0 Å². The van der Waals surface area contributed by atoms with Gasteiger partial charge in [0.2, 0.25) is 5.95 Å². The van der Waals surface area contributed by atoms with Gasteiger partial charge in [-0.05, 0) is 50.4 Å². The van der Waals surface area contributed by atoms with Crippen LogP contribution in [0.1, 0.15) is 31.2 Å². The van der Waals surface area contributed by atoms with Crippen LogP contribution in [0, 0.1) is 6.92 Å². The Balaban J connectivity index is 1.55. The Labute approximate surface area is 119 Å². The first-order valence-corrected chi connectivity index (χ1v) is 7.63. The average molecular weight is 271 g/mol. The third-order valence-electron chi connectivity index (χ3n) is 4.66. The van der Waals surface area contributed by atoms with E-state index >= 15 is 0 Å². The van der Waals surface area contributed by atoms with E-state index in [-0.39, 0.29) is 0 Å². The van der Waals surface area contributed by atoms with Crippen LogP contribution in [0.25, 0.3) is 5.65 Å². The SMILES string of the molecule is Cc1ccn2nc(NC3CCN4CCCCC34)nc2c1. The van der Waals surface area contributed by atoms with Gasteiger partial charge >= 0.3 is 0 Å². The number of hydrogen-bond donors (Lipinski definition) is 1. The summed E-state index contributed by atoms with van der Waals surface area (Å²) in [4.78, 5) is 7.22. The van der Waals surface area contributed by atoms with Crippen LogP contribution in [-0.2, 0) is 0 Å². The topological polar surface area (TPSA) is 45.5 Å². The molecule has 2 aromatic rings. The summed E-state index contributed by atoms with van der Waals surface area (Å²) in [6.07, 6.45) is 7.21. The number of hydrogen-bond acceptors (Lipinski definition) is 4. The number of aromatic nitrogens is 3. The van der Waals surface area contributed by atoms with Crippen LogP contribution in [0.2, 0.25) is 0 Å². The second-order valence-electron chi connectivity index (χ2n) is 6.08. The number of aryl methyl sites for hydroxylation is 1. The summed E-state index contributed by atoms with van der Waals surface area (Å²) in [7, 11) is 0. The lowest BCUT2D eigenvalue weighted by atomic mass is 9.99. The molecule has 2 unspecified atom stereocenters. The normalized spacial score (nSPS) is 26.9. The summed E-state index contributed by atoms with van der Waals surface area (Å²) in [6.45, 7) is 4.56. The second kappa shape index (κ2) is 4.74. The lowest BCUT2D eigenvalue weighted by Crippen LogP contribution is -2.41. The molecular formula is C15H21N5. The van der Waals surface area contributed by atoms with E-state index in [1.165, 1.54) is 44.3 Å². The number of anilines is 1. The van der Waals surface area contributed by atoms with Crippen molar-refractivity contribution >= 4 is 11.6 Å². The highest BCUT2D eigenvalue weighted by Gasteiger charge is 2.35. The standard InChI is InChI=1S/C15H21N5/c1-11-5-9-20-14(10-11)17-15(18-20)16-12-6-8-19-7-3-2-4-13(12)19/h5,9-10,12-13H,2-4,6-8H2,1H3,(H,16,18). The van der Waals surface area contributed by atoms with E-state index in [4.69, 9.17) is 0 Å². The Morgan fingerprint density at radius 1 is 1.25 bits per heavy atom. The maximum atomic E-state index is 4.60. The Morgan fingerprint density at radius 3 is 3.15 bits per heavy atom. The molecule has 2 fully saturated rings. The first-order valence-electron chi connectivity index (χ1n) is 7.63. The number of rotatable bonds is 2. The molecule has 20 heavy (non-hydrogen) atoms. The van der Waals surface area contributed by atoms with Crippen LogP contribution in [0.5, 0.6) is 0 Å². The zero-order valence-corrected chi connectivity index (χ0v) is 11.9. The number of pyridine rings is 1. The number of fused-ring (bicyclic) bond motifs is 2. The Kier molecular flexibility index (Phi) is 2.88. The molecular weight excluding hydrogens is 250 g/mol. The lowest BCUT2D eigenvalue weighted by molar-refractivity contribution is 0.192. The van der Waals surface area contributed by atoms with Crippen molar-refractivity contribution in [2.24, 2.45) is 0 Å². The largest absolute Gasteiger partial charge is 0.349 e. The molecule has 2 aliphatic heterocycles. The predicted molar refractivity (Wildman–Crippen MR) is 79.0 cm³/mol. The molecule has 2 saturated heterocycles. The fourth-order valence-corrected chi connectivity index (χ4v) is 3.63. The molecule has 106 valence electrons. The van der Waals surface area contributed by atoms with Crippen molar-refractivity contribution in [1.82, 2.24) is 19.5 Å². The Hall–Kier alpha value is -1.62. The van der Waals surface area contributed by atoms with E-state index in [2.05, 4.69) is 39.4 Å². The summed E-state index contributed by atoms with van der Waals surface area (Å²) < 4.78 is 1.85. The zero-order chi connectivity index (χ0) is 13.5. The molecule has 0 bridgehead atoms. The highest BCUT2D eigenvalue weighted by Crippen LogP contribution is 2.28. The summed E-state index contributed by atoms with van der Waals surface area (Å²) in [5.74, 6) is 0.771. The van der Waals surface area contributed by atoms with Crippen molar-refractivity contribution in [1.29, 1.82) is 0 Å². The van der Waals surface area contributed by atoms with Gasteiger partial charge in [0.25, 0.3) is 0 Å².